The monoisotopic (exact) mass is 370 g/mol. The highest BCUT2D eigenvalue weighted by Crippen LogP contribution is 2.30. The lowest BCUT2D eigenvalue weighted by Crippen LogP contribution is -2.31. The fourth-order valence-corrected chi connectivity index (χ4v) is 3.28. The van der Waals surface area contributed by atoms with Crippen LogP contribution in [0.25, 0.3) is 0 Å². The highest BCUT2D eigenvalue weighted by molar-refractivity contribution is 5.78. The molecule has 1 N–H and O–H groups in total. The lowest BCUT2D eigenvalue weighted by Gasteiger charge is -2.16. The van der Waals surface area contributed by atoms with Crippen molar-refractivity contribution in [2.75, 3.05) is 13.7 Å². The number of nitrogens with one attached hydrogen (secondary N) is 1. The summed E-state index contributed by atoms with van der Waals surface area (Å²) in [5, 5.41) is 13.8. The van der Waals surface area contributed by atoms with Gasteiger partial charge >= 0.3 is 5.69 Å². The van der Waals surface area contributed by atoms with Gasteiger partial charge in [-0.2, -0.15) is 0 Å². The Bertz CT molecular complexity index is 865. The number of amides is 1. The van der Waals surface area contributed by atoms with Crippen LogP contribution in [-0.4, -0.2) is 24.5 Å². The molecule has 0 aromatic heterocycles. The van der Waals surface area contributed by atoms with Crippen LogP contribution in [0.1, 0.15) is 36.1 Å². The summed E-state index contributed by atoms with van der Waals surface area (Å²) in [7, 11) is 1.34. The van der Waals surface area contributed by atoms with Gasteiger partial charge in [-0.1, -0.05) is 18.2 Å². The van der Waals surface area contributed by atoms with Gasteiger partial charge in [-0.3, -0.25) is 14.9 Å². The number of nitro groups is 1. The first-order chi connectivity index (χ1) is 13.0. The van der Waals surface area contributed by atoms with Gasteiger partial charge in [-0.05, 0) is 48.9 Å². The molecular formula is C20H22N2O5. The summed E-state index contributed by atoms with van der Waals surface area (Å²) in [6.45, 7) is 1.75. The van der Waals surface area contributed by atoms with Crippen molar-refractivity contribution in [2.24, 2.45) is 0 Å². The number of hydrogen-bond acceptors (Lipinski definition) is 5. The minimum Gasteiger partial charge on any atom is -0.490 e. The van der Waals surface area contributed by atoms with Gasteiger partial charge in [0.15, 0.2) is 6.61 Å². The number of ether oxygens (including phenoxy) is 2. The minimum absolute atomic E-state index is 0.0874. The molecule has 0 saturated carbocycles. The van der Waals surface area contributed by atoms with Gasteiger partial charge in [-0.25, -0.2) is 0 Å². The number of fused-ring (bicyclic) bond motifs is 1. The van der Waals surface area contributed by atoms with Gasteiger partial charge in [0.2, 0.25) is 5.75 Å². The maximum Gasteiger partial charge on any atom is 0.311 e. The number of hydrogen-bond donors (Lipinski definition) is 1. The lowest BCUT2D eigenvalue weighted by molar-refractivity contribution is -0.385. The fraction of sp³-hybridized carbons (Fsp3) is 0.350. The van der Waals surface area contributed by atoms with Crippen LogP contribution in [0.15, 0.2) is 36.4 Å². The zero-order chi connectivity index (χ0) is 19.4. The number of carbonyl (C=O) groups is 1. The third-order valence-electron chi connectivity index (χ3n) is 4.72. The summed E-state index contributed by atoms with van der Waals surface area (Å²) >= 11 is 0. The van der Waals surface area contributed by atoms with E-state index in [1.54, 1.807) is 0 Å². The Morgan fingerprint density at radius 3 is 2.74 bits per heavy atom. The molecule has 142 valence electrons. The first-order valence-corrected chi connectivity index (χ1v) is 8.84. The van der Waals surface area contributed by atoms with E-state index in [-0.39, 0.29) is 30.0 Å². The van der Waals surface area contributed by atoms with E-state index in [1.807, 2.05) is 6.92 Å². The molecule has 27 heavy (non-hydrogen) atoms. The van der Waals surface area contributed by atoms with Crippen LogP contribution in [-0.2, 0) is 17.6 Å². The molecule has 0 heterocycles. The van der Waals surface area contributed by atoms with E-state index in [0.29, 0.717) is 5.75 Å². The zero-order valence-corrected chi connectivity index (χ0v) is 15.4. The minimum atomic E-state index is -0.534. The molecule has 1 atom stereocenters. The smallest absolute Gasteiger partial charge is 0.311 e. The molecule has 3 rings (SSSR count). The van der Waals surface area contributed by atoms with E-state index in [1.165, 1.54) is 42.9 Å². The summed E-state index contributed by atoms with van der Waals surface area (Å²) in [5.74, 6) is 0.155. The highest BCUT2D eigenvalue weighted by atomic mass is 16.6. The molecule has 0 fully saturated rings. The van der Waals surface area contributed by atoms with Crippen LogP contribution in [0.5, 0.6) is 11.5 Å². The van der Waals surface area contributed by atoms with Gasteiger partial charge in [0.05, 0.1) is 18.1 Å². The van der Waals surface area contributed by atoms with Gasteiger partial charge in [0.1, 0.15) is 5.75 Å². The van der Waals surface area contributed by atoms with Crippen LogP contribution in [0, 0.1) is 10.1 Å². The van der Waals surface area contributed by atoms with Crippen LogP contribution in [0.4, 0.5) is 5.69 Å². The van der Waals surface area contributed by atoms with E-state index in [4.69, 9.17) is 9.47 Å². The maximum absolute atomic E-state index is 12.2. The first kappa shape index (κ1) is 18.7. The Morgan fingerprint density at radius 1 is 1.22 bits per heavy atom. The third kappa shape index (κ3) is 4.36. The van der Waals surface area contributed by atoms with Crippen molar-refractivity contribution in [3.8, 4) is 11.5 Å². The number of nitro benzene ring substituents is 1. The summed E-state index contributed by atoms with van der Waals surface area (Å²) in [5.41, 5.74) is 3.68. The highest BCUT2D eigenvalue weighted by Gasteiger charge is 2.17. The normalized spacial score (nSPS) is 13.6. The van der Waals surface area contributed by atoms with E-state index in [0.717, 1.165) is 18.4 Å². The Hall–Kier alpha value is -3.09. The van der Waals surface area contributed by atoms with Crippen molar-refractivity contribution >= 4 is 11.6 Å². The summed E-state index contributed by atoms with van der Waals surface area (Å²) in [6, 6.07) is 10.4. The molecule has 0 bridgehead atoms. The van der Waals surface area contributed by atoms with Crippen LogP contribution in [0.3, 0.4) is 0 Å². The molecule has 1 aliphatic carbocycles. The quantitative estimate of drug-likeness (QED) is 0.596. The van der Waals surface area contributed by atoms with E-state index < -0.39 is 4.92 Å². The molecule has 0 radical (unpaired) electrons. The SMILES string of the molecule is COc1cc(OCC(=O)N[C@@H](C)c2ccc3c(c2)CCC3)ccc1[N+](=O)[O-]. The molecular weight excluding hydrogens is 348 g/mol. The van der Waals surface area contributed by atoms with Crippen LogP contribution >= 0.6 is 0 Å². The van der Waals surface area contributed by atoms with Crippen molar-refractivity contribution in [1.82, 2.24) is 5.32 Å². The molecule has 2 aromatic carbocycles. The molecule has 1 aliphatic rings. The van der Waals surface area contributed by atoms with Crippen molar-refractivity contribution < 1.29 is 19.2 Å². The molecule has 0 aliphatic heterocycles. The fourth-order valence-electron chi connectivity index (χ4n) is 3.28. The van der Waals surface area contributed by atoms with Crippen molar-refractivity contribution in [1.29, 1.82) is 0 Å². The first-order valence-electron chi connectivity index (χ1n) is 8.84. The van der Waals surface area contributed by atoms with Crippen molar-refractivity contribution in [3.05, 3.63) is 63.2 Å². The molecule has 2 aromatic rings. The predicted molar refractivity (Wildman–Crippen MR) is 100 cm³/mol. The number of nitrogens with zero attached hydrogens (tertiary/aromatic N) is 1. The van der Waals surface area contributed by atoms with Gasteiger partial charge in [0.25, 0.3) is 5.91 Å². The molecule has 7 nitrogen and oxygen atoms in total. The van der Waals surface area contributed by atoms with Crippen LogP contribution < -0.4 is 14.8 Å². The maximum atomic E-state index is 12.2. The second-order valence-corrected chi connectivity index (χ2v) is 6.55. The number of aryl methyl sites for hydroxylation is 2. The number of carbonyl (C=O) groups excluding carboxylic acids is 1. The van der Waals surface area contributed by atoms with Crippen molar-refractivity contribution in [2.45, 2.75) is 32.2 Å². The van der Waals surface area contributed by atoms with Gasteiger partial charge in [0, 0.05) is 12.1 Å². The van der Waals surface area contributed by atoms with E-state index in [9.17, 15) is 14.9 Å². The molecule has 0 spiro atoms. The Balaban J connectivity index is 1.57. The average molecular weight is 370 g/mol. The predicted octanol–water partition coefficient (Wildman–Crippen LogP) is 3.35. The van der Waals surface area contributed by atoms with E-state index >= 15 is 0 Å². The number of benzene rings is 2. The summed E-state index contributed by atoms with van der Waals surface area (Å²) < 4.78 is 10.4. The number of methoxy groups -OCH3 is 1. The molecule has 0 unspecified atom stereocenters. The largest absolute Gasteiger partial charge is 0.490 e. The second-order valence-electron chi connectivity index (χ2n) is 6.55. The van der Waals surface area contributed by atoms with E-state index in [2.05, 4.69) is 23.5 Å². The van der Waals surface area contributed by atoms with Crippen molar-refractivity contribution in [3.63, 3.8) is 0 Å². The van der Waals surface area contributed by atoms with Gasteiger partial charge < -0.3 is 14.8 Å². The average Bonchev–Trinajstić information content (AvgIpc) is 3.13. The molecule has 0 saturated heterocycles. The lowest BCUT2D eigenvalue weighted by atomic mass is 10.0. The molecule has 7 heteroatoms. The van der Waals surface area contributed by atoms with Crippen LogP contribution in [0.2, 0.25) is 0 Å². The topological polar surface area (TPSA) is 90.7 Å². The van der Waals surface area contributed by atoms with Gasteiger partial charge in [-0.15, -0.1) is 0 Å². The third-order valence-corrected chi connectivity index (χ3v) is 4.72. The standard InChI is InChI=1S/C20H22N2O5/c1-13(15-7-6-14-4-3-5-16(14)10-15)21-20(23)12-27-17-8-9-18(22(24)25)19(11-17)26-2/h6-11,13H,3-5,12H2,1-2H3,(H,21,23)/t13-/m0/s1. The number of rotatable bonds is 7. The summed E-state index contributed by atoms with van der Waals surface area (Å²) in [4.78, 5) is 22.6. The summed E-state index contributed by atoms with van der Waals surface area (Å²) in [6.07, 6.45) is 3.41. The Labute approximate surface area is 157 Å². The Kier molecular flexibility index (Phi) is 5.59. The zero-order valence-electron chi connectivity index (χ0n) is 15.4. The second kappa shape index (κ2) is 8.07. The molecule has 1 amide bonds. The Morgan fingerprint density at radius 2 is 2.00 bits per heavy atom.